The summed E-state index contributed by atoms with van der Waals surface area (Å²) >= 11 is 1.36. The number of methoxy groups -OCH3 is 1. The number of rotatable bonds is 7. The summed E-state index contributed by atoms with van der Waals surface area (Å²) in [6, 6.07) is 12.1. The molecule has 0 unspecified atom stereocenters. The van der Waals surface area contributed by atoms with Crippen molar-refractivity contribution in [2.24, 2.45) is 0 Å². The molecule has 25 heavy (non-hydrogen) atoms. The number of nitro groups is 1. The van der Waals surface area contributed by atoms with Crippen LogP contribution in [0.3, 0.4) is 0 Å². The van der Waals surface area contributed by atoms with Crippen LogP contribution in [0.15, 0.2) is 47.4 Å². The van der Waals surface area contributed by atoms with Crippen LogP contribution in [-0.4, -0.2) is 35.6 Å². The molecule has 0 aromatic heterocycles. The fourth-order valence-corrected chi connectivity index (χ4v) is 3.13. The van der Waals surface area contributed by atoms with E-state index in [1.807, 2.05) is 25.1 Å². The number of aryl methyl sites for hydroxylation is 1. The van der Waals surface area contributed by atoms with Crippen molar-refractivity contribution in [1.82, 2.24) is 4.90 Å². The molecule has 0 aliphatic carbocycles. The zero-order valence-corrected chi connectivity index (χ0v) is 15.2. The zero-order valence-electron chi connectivity index (χ0n) is 14.4. The Hall–Kier alpha value is -2.54. The lowest BCUT2D eigenvalue weighted by Gasteiger charge is -2.19. The van der Waals surface area contributed by atoms with E-state index in [4.69, 9.17) is 4.74 Å². The van der Waals surface area contributed by atoms with Crippen LogP contribution in [0.25, 0.3) is 0 Å². The molecule has 2 aromatic rings. The van der Waals surface area contributed by atoms with Gasteiger partial charge in [0.05, 0.1) is 17.8 Å². The van der Waals surface area contributed by atoms with Crippen LogP contribution in [0.2, 0.25) is 0 Å². The van der Waals surface area contributed by atoms with Crippen molar-refractivity contribution in [3.63, 3.8) is 0 Å². The maximum Gasteiger partial charge on any atom is 0.269 e. The molecule has 2 aromatic carbocycles. The third kappa shape index (κ3) is 5.22. The zero-order chi connectivity index (χ0) is 18.4. The molecule has 0 fully saturated rings. The molecule has 0 saturated heterocycles. The van der Waals surface area contributed by atoms with Crippen LogP contribution in [0.4, 0.5) is 5.69 Å². The third-order valence-corrected chi connectivity index (χ3v) is 4.68. The molecule has 0 aliphatic heterocycles. The summed E-state index contributed by atoms with van der Waals surface area (Å²) in [7, 11) is 3.36. The molecule has 6 nitrogen and oxygen atoms in total. The Bertz CT molecular complexity index is 762. The van der Waals surface area contributed by atoms with Crippen molar-refractivity contribution in [2.45, 2.75) is 18.4 Å². The third-order valence-electron chi connectivity index (χ3n) is 3.68. The molecule has 1 amide bonds. The number of nitrogens with zero attached hydrogens (tertiary/aromatic N) is 2. The monoisotopic (exact) mass is 360 g/mol. The van der Waals surface area contributed by atoms with Gasteiger partial charge in [0.15, 0.2) is 0 Å². The molecule has 2 rings (SSSR count). The lowest BCUT2D eigenvalue weighted by atomic mass is 10.1. The van der Waals surface area contributed by atoms with Crippen molar-refractivity contribution in [3.05, 3.63) is 63.7 Å². The Labute approximate surface area is 150 Å². The lowest BCUT2D eigenvalue weighted by molar-refractivity contribution is -0.384. The summed E-state index contributed by atoms with van der Waals surface area (Å²) in [6.07, 6.45) is 0. The highest BCUT2D eigenvalue weighted by Gasteiger charge is 2.13. The van der Waals surface area contributed by atoms with Crippen LogP contribution in [0, 0.1) is 17.0 Å². The summed E-state index contributed by atoms with van der Waals surface area (Å²) < 4.78 is 5.34. The number of hydrogen-bond donors (Lipinski definition) is 0. The second-order valence-electron chi connectivity index (χ2n) is 5.60. The standard InChI is InChI=1S/C18H20N2O4S/c1-13-4-9-17(24-3)14(10-13)11-19(2)18(21)12-25-16-7-5-15(6-8-16)20(22)23/h4-10H,11-12H2,1-3H3. The largest absolute Gasteiger partial charge is 0.496 e. The van der Waals surface area contributed by atoms with Crippen molar-refractivity contribution in [3.8, 4) is 5.75 Å². The van der Waals surface area contributed by atoms with E-state index in [0.717, 1.165) is 21.8 Å². The van der Waals surface area contributed by atoms with Crippen LogP contribution in [0.5, 0.6) is 5.75 Å². The minimum atomic E-state index is -0.442. The van der Waals surface area contributed by atoms with E-state index in [9.17, 15) is 14.9 Å². The van der Waals surface area contributed by atoms with Gasteiger partial charge in [0, 0.05) is 36.2 Å². The molecule has 0 spiro atoms. The molecule has 0 atom stereocenters. The Morgan fingerprint density at radius 1 is 1.24 bits per heavy atom. The first kappa shape index (κ1) is 18.8. The number of ether oxygens (including phenoxy) is 1. The first-order chi connectivity index (χ1) is 11.9. The Morgan fingerprint density at radius 3 is 2.52 bits per heavy atom. The normalized spacial score (nSPS) is 10.4. The minimum Gasteiger partial charge on any atom is -0.496 e. The van der Waals surface area contributed by atoms with E-state index >= 15 is 0 Å². The quantitative estimate of drug-likeness (QED) is 0.428. The van der Waals surface area contributed by atoms with Crippen LogP contribution in [-0.2, 0) is 11.3 Å². The van der Waals surface area contributed by atoms with E-state index in [1.54, 1.807) is 31.2 Å². The SMILES string of the molecule is COc1ccc(C)cc1CN(C)C(=O)CSc1ccc([N+](=O)[O-])cc1. The summed E-state index contributed by atoms with van der Waals surface area (Å²) in [6.45, 7) is 2.46. The molecule has 0 radical (unpaired) electrons. The predicted octanol–water partition coefficient (Wildman–Crippen LogP) is 3.66. The number of thioether (sulfide) groups is 1. The van der Waals surface area contributed by atoms with Gasteiger partial charge in [-0.05, 0) is 25.1 Å². The smallest absolute Gasteiger partial charge is 0.269 e. The average Bonchev–Trinajstić information content (AvgIpc) is 2.60. The molecule has 7 heteroatoms. The Kier molecular flexibility index (Phi) is 6.41. The van der Waals surface area contributed by atoms with Gasteiger partial charge in [-0.2, -0.15) is 0 Å². The number of hydrogen-bond acceptors (Lipinski definition) is 5. The molecule has 0 bridgehead atoms. The van der Waals surface area contributed by atoms with E-state index in [1.165, 1.54) is 23.9 Å². The summed E-state index contributed by atoms with van der Waals surface area (Å²) in [5, 5.41) is 10.6. The number of non-ortho nitro benzene ring substituents is 1. The van der Waals surface area contributed by atoms with Gasteiger partial charge in [-0.15, -0.1) is 11.8 Å². The topological polar surface area (TPSA) is 72.7 Å². The Morgan fingerprint density at radius 2 is 1.92 bits per heavy atom. The van der Waals surface area contributed by atoms with E-state index in [2.05, 4.69) is 0 Å². The first-order valence-electron chi connectivity index (χ1n) is 7.65. The molecule has 0 saturated carbocycles. The molecule has 0 aliphatic rings. The number of carbonyl (C=O) groups is 1. The second kappa shape index (κ2) is 8.53. The van der Waals surface area contributed by atoms with E-state index < -0.39 is 4.92 Å². The maximum absolute atomic E-state index is 12.3. The van der Waals surface area contributed by atoms with Crippen molar-refractivity contribution >= 4 is 23.4 Å². The number of carbonyl (C=O) groups excluding carboxylic acids is 1. The minimum absolute atomic E-state index is 0.0214. The van der Waals surface area contributed by atoms with Gasteiger partial charge >= 0.3 is 0 Å². The van der Waals surface area contributed by atoms with Crippen LogP contribution < -0.4 is 4.74 Å². The number of nitro benzene ring substituents is 1. The predicted molar refractivity (Wildman–Crippen MR) is 98.0 cm³/mol. The lowest BCUT2D eigenvalue weighted by Crippen LogP contribution is -2.28. The van der Waals surface area contributed by atoms with Gasteiger partial charge in [-0.1, -0.05) is 17.7 Å². The number of amides is 1. The molecule has 132 valence electrons. The fraction of sp³-hybridized carbons (Fsp3) is 0.278. The summed E-state index contributed by atoms with van der Waals surface area (Å²) in [5.41, 5.74) is 2.11. The van der Waals surface area contributed by atoms with Gasteiger partial charge in [0.1, 0.15) is 5.75 Å². The van der Waals surface area contributed by atoms with Crippen molar-refractivity contribution in [2.75, 3.05) is 19.9 Å². The summed E-state index contributed by atoms with van der Waals surface area (Å²) in [4.78, 5) is 25.0. The molecular formula is C18H20N2O4S. The molecule has 0 N–H and O–H groups in total. The molecule has 0 heterocycles. The van der Waals surface area contributed by atoms with Gasteiger partial charge < -0.3 is 9.64 Å². The van der Waals surface area contributed by atoms with Crippen molar-refractivity contribution < 1.29 is 14.5 Å². The average molecular weight is 360 g/mol. The second-order valence-corrected chi connectivity index (χ2v) is 6.65. The van der Waals surface area contributed by atoms with Crippen molar-refractivity contribution in [1.29, 1.82) is 0 Å². The summed E-state index contributed by atoms with van der Waals surface area (Å²) in [5.74, 6) is 1.00. The molecular weight excluding hydrogens is 340 g/mol. The van der Waals surface area contributed by atoms with Gasteiger partial charge in [0.25, 0.3) is 5.69 Å². The maximum atomic E-state index is 12.3. The van der Waals surface area contributed by atoms with E-state index in [0.29, 0.717) is 6.54 Å². The van der Waals surface area contributed by atoms with Gasteiger partial charge in [-0.25, -0.2) is 0 Å². The van der Waals surface area contributed by atoms with Gasteiger partial charge in [-0.3, -0.25) is 14.9 Å². The Balaban J connectivity index is 1.94. The highest BCUT2D eigenvalue weighted by molar-refractivity contribution is 8.00. The van der Waals surface area contributed by atoms with E-state index in [-0.39, 0.29) is 17.3 Å². The highest BCUT2D eigenvalue weighted by atomic mass is 32.2. The van der Waals surface area contributed by atoms with Gasteiger partial charge in [0.2, 0.25) is 5.91 Å². The first-order valence-corrected chi connectivity index (χ1v) is 8.64. The number of benzene rings is 2. The van der Waals surface area contributed by atoms with Crippen LogP contribution >= 0.6 is 11.8 Å². The van der Waals surface area contributed by atoms with Crippen LogP contribution in [0.1, 0.15) is 11.1 Å². The highest BCUT2D eigenvalue weighted by Crippen LogP contribution is 2.23. The fourth-order valence-electron chi connectivity index (χ4n) is 2.29.